The van der Waals surface area contributed by atoms with Gasteiger partial charge in [-0.15, -0.1) is 0 Å². The maximum absolute atomic E-state index is 5.88. The van der Waals surface area contributed by atoms with Gasteiger partial charge in [-0.3, -0.25) is 0 Å². The Hall–Kier alpha value is -1.75. The summed E-state index contributed by atoms with van der Waals surface area (Å²) in [5.74, 6) is 0. The van der Waals surface area contributed by atoms with Crippen LogP contribution in [0.1, 0.15) is 13.3 Å². The Labute approximate surface area is 106 Å². The summed E-state index contributed by atoms with van der Waals surface area (Å²) in [7, 11) is 1.98. The molecular formula is C13H17N3O2. The molecule has 0 amide bonds. The third kappa shape index (κ3) is 1.71. The van der Waals surface area contributed by atoms with E-state index in [-0.39, 0.29) is 6.10 Å². The molecule has 2 unspecified atom stereocenters. The molecule has 1 aliphatic heterocycles. The molecule has 2 N–H and O–H groups in total. The van der Waals surface area contributed by atoms with Crippen LogP contribution in [-0.4, -0.2) is 30.8 Å². The smallest absolute Gasteiger partial charge is 0.298 e. The summed E-state index contributed by atoms with van der Waals surface area (Å²) < 4.78 is 11.3. The highest BCUT2D eigenvalue weighted by atomic mass is 16.5. The van der Waals surface area contributed by atoms with Crippen LogP contribution in [0.2, 0.25) is 0 Å². The Kier molecular flexibility index (Phi) is 2.63. The van der Waals surface area contributed by atoms with Gasteiger partial charge in [-0.1, -0.05) is 6.07 Å². The maximum atomic E-state index is 5.88. The SMILES string of the molecule is CC1OCCC1N(C)c1nc2c(N)cccc2o1. The van der Waals surface area contributed by atoms with Crippen molar-refractivity contribution >= 4 is 22.8 Å². The van der Waals surface area contributed by atoms with Gasteiger partial charge in [0.25, 0.3) is 6.01 Å². The van der Waals surface area contributed by atoms with E-state index >= 15 is 0 Å². The zero-order valence-corrected chi connectivity index (χ0v) is 10.6. The number of para-hydroxylation sites is 1. The molecule has 2 aromatic rings. The second kappa shape index (κ2) is 4.17. The van der Waals surface area contributed by atoms with E-state index in [0.717, 1.165) is 24.1 Å². The lowest BCUT2D eigenvalue weighted by molar-refractivity contribution is 0.117. The number of hydrogen-bond donors (Lipinski definition) is 1. The van der Waals surface area contributed by atoms with E-state index in [4.69, 9.17) is 14.9 Å². The average Bonchev–Trinajstić information content (AvgIpc) is 2.95. The van der Waals surface area contributed by atoms with E-state index < -0.39 is 0 Å². The number of nitrogens with two attached hydrogens (primary N) is 1. The highest BCUT2D eigenvalue weighted by Gasteiger charge is 2.30. The number of aromatic nitrogens is 1. The van der Waals surface area contributed by atoms with Gasteiger partial charge in [-0.25, -0.2) is 0 Å². The molecule has 0 bridgehead atoms. The van der Waals surface area contributed by atoms with Crippen LogP contribution >= 0.6 is 0 Å². The second-order valence-electron chi connectivity index (χ2n) is 4.73. The summed E-state index contributed by atoms with van der Waals surface area (Å²) in [4.78, 5) is 6.51. The lowest BCUT2D eigenvalue weighted by Crippen LogP contribution is -2.36. The van der Waals surface area contributed by atoms with Gasteiger partial charge in [-0.05, 0) is 25.5 Å². The molecule has 2 heterocycles. The topological polar surface area (TPSA) is 64.5 Å². The Morgan fingerprint density at radius 1 is 1.44 bits per heavy atom. The summed E-state index contributed by atoms with van der Waals surface area (Å²) >= 11 is 0. The third-order valence-electron chi connectivity index (χ3n) is 3.57. The average molecular weight is 247 g/mol. The van der Waals surface area contributed by atoms with Crippen molar-refractivity contribution < 1.29 is 9.15 Å². The van der Waals surface area contributed by atoms with E-state index in [9.17, 15) is 0 Å². The van der Waals surface area contributed by atoms with Crippen LogP contribution in [0.4, 0.5) is 11.7 Å². The van der Waals surface area contributed by atoms with E-state index in [1.807, 2.05) is 30.1 Å². The Morgan fingerprint density at radius 3 is 2.94 bits per heavy atom. The number of rotatable bonds is 2. The van der Waals surface area contributed by atoms with E-state index in [1.54, 1.807) is 0 Å². The maximum Gasteiger partial charge on any atom is 0.298 e. The number of oxazole rings is 1. The van der Waals surface area contributed by atoms with Gasteiger partial charge in [0.05, 0.1) is 17.8 Å². The van der Waals surface area contributed by atoms with Crippen LogP contribution in [0.25, 0.3) is 11.1 Å². The van der Waals surface area contributed by atoms with Gasteiger partial charge in [0.15, 0.2) is 5.58 Å². The summed E-state index contributed by atoms with van der Waals surface area (Å²) in [5.41, 5.74) is 7.98. The monoisotopic (exact) mass is 247 g/mol. The molecule has 1 fully saturated rings. The van der Waals surface area contributed by atoms with Crippen LogP contribution < -0.4 is 10.6 Å². The van der Waals surface area contributed by atoms with Crippen LogP contribution in [0.3, 0.4) is 0 Å². The summed E-state index contributed by atoms with van der Waals surface area (Å²) in [6.07, 6.45) is 1.19. The summed E-state index contributed by atoms with van der Waals surface area (Å²) in [6.45, 7) is 2.86. The molecule has 1 saturated heterocycles. The molecule has 2 atom stereocenters. The lowest BCUT2D eigenvalue weighted by atomic mass is 10.1. The fraction of sp³-hybridized carbons (Fsp3) is 0.462. The molecule has 18 heavy (non-hydrogen) atoms. The minimum absolute atomic E-state index is 0.197. The van der Waals surface area contributed by atoms with Crippen molar-refractivity contribution in [3.05, 3.63) is 18.2 Å². The number of likely N-dealkylation sites (N-methyl/N-ethyl adjacent to an activating group) is 1. The third-order valence-corrected chi connectivity index (χ3v) is 3.57. The number of nitrogen functional groups attached to an aromatic ring is 1. The first kappa shape index (κ1) is 11.3. The predicted molar refractivity (Wildman–Crippen MR) is 70.6 cm³/mol. The number of fused-ring (bicyclic) bond motifs is 1. The van der Waals surface area contributed by atoms with Gasteiger partial charge >= 0.3 is 0 Å². The van der Waals surface area contributed by atoms with Crippen molar-refractivity contribution in [1.29, 1.82) is 0 Å². The fourth-order valence-electron chi connectivity index (χ4n) is 2.48. The minimum Gasteiger partial charge on any atom is -0.423 e. The molecule has 0 saturated carbocycles. The summed E-state index contributed by atoms with van der Waals surface area (Å²) in [5, 5.41) is 0. The first-order chi connectivity index (χ1) is 8.66. The van der Waals surface area contributed by atoms with Gasteiger partial charge in [0, 0.05) is 13.7 Å². The first-order valence-electron chi connectivity index (χ1n) is 6.16. The molecule has 1 aliphatic rings. The van der Waals surface area contributed by atoms with Crippen molar-refractivity contribution in [1.82, 2.24) is 4.98 Å². The zero-order chi connectivity index (χ0) is 12.7. The molecule has 0 radical (unpaired) electrons. The van der Waals surface area contributed by atoms with Crippen molar-refractivity contribution in [2.45, 2.75) is 25.5 Å². The van der Waals surface area contributed by atoms with Crippen molar-refractivity contribution in [3.8, 4) is 0 Å². The van der Waals surface area contributed by atoms with Crippen molar-refractivity contribution in [2.75, 3.05) is 24.3 Å². The molecule has 5 nitrogen and oxygen atoms in total. The largest absolute Gasteiger partial charge is 0.423 e. The van der Waals surface area contributed by atoms with Gasteiger partial charge in [0.1, 0.15) is 5.52 Å². The number of ether oxygens (including phenoxy) is 1. The highest BCUT2D eigenvalue weighted by molar-refractivity contribution is 5.86. The normalized spacial score (nSPS) is 23.7. The predicted octanol–water partition coefficient (Wildman–Crippen LogP) is 2.02. The molecular weight excluding hydrogens is 230 g/mol. The fourth-order valence-corrected chi connectivity index (χ4v) is 2.48. The van der Waals surface area contributed by atoms with E-state index in [0.29, 0.717) is 17.7 Å². The van der Waals surface area contributed by atoms with Crippen LogP contribution in [0.5, 0.6) is 0 Å². The molecule has 0 aliphatic carbocycles. The lowest BCUT2D eigenvalue weighted by Gasteiger charge is -2.24. The van der Waals surface area contributed by atoms with Crippen LogP contribution in [0.15, 0.2) is 22.6 Å². The standard InChI is InChI=1S/C13H17N3O2/c1-8-10(6-7-17-8)16(2)13-15-12-9(14)4-3-5-11(12)18-13/h3-5,8,10H,6-7,14H2,1-2H3. The highest BCUT2D eigenvalue weighted by Crippen LogP contribution is 2.29. The van der Waals surface area contributed by atoms with Gasteiger partial charge < -0.3 is 19.8 Å². The number of benzene rings is 1. The molecule has 3 rings (SSSR count). The van der Waals surface area contributed by atoms with E-state index in [2.05, 4.69) is 11.9 Å². The van der Waals surface area contributed by atoms with Gasteiger partial charge in [-0.2, -0.15) is 4.98 Å². The van der Waals surface area contributed by atoms with Gasteiger partial charge in [0.2, 0.25) is 0 Å². The Balaban J connectivity index is 1.96. The molecule has 96 valence electrons. The minimum atomic E-state index is 0.197. The quantitative estimate of drug-likeness (QED) is 0.822. The van der Waals surface area contributed by atoms with Crippen molar-refractivity contribution in [2.24, 2.45) is 0 Å². The van der Waals surface area contributed by atoms with E-state index in [1.165, 1.54) is 0 Å². The molecule has 0 spiro atoms. The number of anilines is 2. The number of hydrogen-bond acceptors (Lipinski definition) is 5. The number of nitrogens with zero attached hydrogens (tertiary/aromatic N) is 2. The molecule has 1 aromatic heterocycles. The van der Waals surface area contributed by atoms with Crippen LogP contribution in [-0.2, 0) is 4.74 Å². The summed E-state index contributed by atoms with van der Waals surface area (Å²) in [6, 6.07) is 6.48. The Bertz CT molecular complexity index is 566. The van der Waals surface area contributed by atoms with Crippen LogP contribution in [0, 0.1) is 0 Å². The molecule has 1 aromatic carbocycles. The first-order valence-corrected chi connectivity index (χ1v) is 6.16. The zero-order valence-electron chi connectivity index (χ0n) is 10.6. The van der Waals surface area contributed by atoms with Crippen molar-refractivity contribution in [3.63, 3.8) is 0 Å². The Morgan fingerprint density at radius 2 is 2.28 bits per heavy atom. The second-order valence-corrected chi connectivity index (χ2v) is 4.73. The molecule has 5 heteroatoms.